The maximum absolute atomic E-state index is 13.3. The van der Waals surface area contributed by atoms with Crippen LogP contribution in [0.4, 0.5) is 0 Å². The molecule has 3 aromatic rings. The van der Waals surface area contributed by atoms with Crippen LogP contribution in [0.2, 0.25) is 0 Å². The van der Waals surface area contributed by atoms with Gasteiger partial charge in [0.15, 0.2) is 5.82 Å². The average molecular weight is 459 g/mol. The number of rotatable bonds is 5. The van der Waals surface area contributed by atoms with Gasteiger partial charge in [0.1, 0.15) is 0 Å². The van der Waals surface area contributed by atoms with E-state index in [0.717, 1.165) is 37.2 Å². The van der Waals surface area contributed by atoms with Crippen LogP contribution in [0.3, 0.4) is 0 Å². The molecule has 8 nitrogen and oxygen atoms in total. The van der Waals surface area contributed by atoms with E-state index in [1.165, 1.54) is 6.42 Å². The van der Waals surface area contributed by atoms with E-state index in [0.29, 0.717) is 38.5 Å². The summed E-state index contributed by atoms with van der Waals surface area (Å²) >= 11 is 0. The first kappa shape index (κ1) is 22.3. The SMILES string of the molecule is O=C(CN1CCN(C(=O)c2nc(-c3ccccc3)n(-c3ccccc3)n2)CC1)N1CCCCC1. The number of piperidine rings is 1. The molecule has 1 aromatic heterocycles. The zero-order valence-corrected chi connectivity index (χ0v) is 19.3. The monoisotopic (exact) mass is 458 g/mol. The second kappa shape index (κ2) is 10.2. The van der Waals surface area contributed by atoms with Gasteiger partial charge in [-0.2, -0.15) is 0 Å². The van der Waals surface area contributed by atoms with E-state index >= 15 is 0 Å². The van der Waals surface area contributed by atoms with Crippen LogP contribution in [0, 0.1) is 0 Å². The second-order valence-electron chi connectivity index (χ2n) is 8.88. The van der Waals surface area contributed by atoms with Crippen molar-refractivity contribution in [1.82, 2.24) is 29.5 Å². The van der Waals surface area contributed by atoms with Gasteiger partial charge in [-0.1, -0.05) is 48.5 Å². The van der Waals surface area contributed by atoms with E-state index in [1.54, 1.807) is 9.58 Å². The number of carbonyl (C=O) groups is 2. The van der Waals surface area contributed by atoms with Crippen LogP contribution in [0.15, 0.2) is 60.7 Å². The van der Waals surface area contributed by atoms with Gasteiger partial charge in [0.2, 0.25) is 11.7 Å². The fourth-order valence-electron chi connectivity index (χ4n) is 4.61. The lowest BCUT2D eigenvalue weighted by molar-refractivity contribution is -0.133. The molecule has 0 spiro atoms. The highest BCUT2D eigenvalue weighted by Gasteiger charge is 2.28. The molecule has 2 aromatic carbocycles. The molecule has 0 bridgehead atoms. The number of piperazine rings is 1. The number of para-hydroxylation sites is 1. The van der Waals surface area contributed by atoms with Crippen LogP contribution < -0.4 is 0 Å². The van der Waals surface area contributed by atoms with Gasteiger partial charge >= 0.3 is 0 Å². The highest BCUT2D eigenvalue weighted by Crippen LogP contribution is 2.22. The molecule has 2 saturated heterocycles. The molecular formula is C26H30N6O2. The number of nitrogens with zero attached hydrogens (tertiary/aromatic N) is 6. The van der Waals surface area contributed by atoms with Crippen molar-refractivity contribution in [1.29, 1.82) is 0 Å². The van der Waals surface area contributed by atoms with Gasteiger partial charge in [-0.15, -0.1) is 5.10 Å². The Labute approximate surface area is 199 Å². The number of hydrogen-bond donors (Lipinski definition) is 0. The quantitative estimate of drug-likeness (QED) is 0.588. The Bertz CT molecular complexity index is 1060. The van der Waals surface area contributed by atoms with E-state index in [2.05, 4.69) is 15.0 Å². The third kappa shape index (κ3) is 4.87. The summed E-state index contributed by atoms with van der Waals surface area (Å²) in [6, 6.07) is 19.5. The molecule has 0 aliphatic carbocycles. The molecule has 2 fully saturated rings. The maximum atomic E-state index is 13.3. The summed E-state index contributed by atoms with van der Waals surface area (Å²) in [5, 5.41) is 4.60. The largest absolute Gasteiger partial charge is 0.342 e. The minimum Gasteiger partial charge on any atom is -0.342 e. The molecule has 0 saturated carbocycles. The van der Waals surface area contributed by atoms with Gasteiger partial charge < -0.3 is 9.80 Å². The molecule has 2 aliphatic rings. The van der Waals surface area contributed by atoms with Gasteiger partial charge in [-0.3, -0.25) is 14.5 Å². The lowest BCUT2D eigenvalue weighted by Crippen LogP contribution is -2.52. The van der Waals surface area contributed by atoms with Crippen molar-refractivity contribution in [2.45, 2.75) is 19.3 Å². The van der Waals surface area contributed by atoms with Crippen molar-refractivity contribution in [2.75, 3.05) is 45.8 Å². The topological polar surface area (TPSA) is 74.6 Å². The Kier molecular flexibility index (Phi) is 6.67. The standard InChI is InChI=1S/C26H30N6O2/c33-23(30-14-8-3-9-15-30)20-29-16-18-31(19-17-29)26(34)24-27-25(21-10-4-1-5-11-21)32(28-24)22-12-6-2-7-13-22/h1-2,4-7,10-13H,3,8-9,14-20H2. The number of likely N-dealkylation sites (tertiary alicyclic amines) is 1. The molecule has 0 atom stereocenters. The number of benzene rings is 2. The normalized spacial score (nSPS) is 17.1. The first-order valence-corrected chi connectivity index (χ1v) is 12.1. The fraction of sp³-hybridized carbons (Fsp3) is 0.385. The third-order valence-electron chi connectivity index (χ3n) is 6.56. The lowest BCUT2D eigenvalue weighted by atomic mass is 10.1. The maximum Gasteiger partial charge on any atom is 0.293 e. The molecule has 0 N–H and O–H groups in total. The summed E-state index contributed by atoms with van der Waals surface area (Å²) in [6.07, 6.45) is 3.41. The van der Waals surface area contributed by atoms with E-state index in [4.69, 9.17) is 0 Å². The van der Waals surface area contributed by atoms with E-state index in [9.17, 15) is 9.59 Å². The zero-order valence-electron chi connectivity index (χ0n) is 19.3. The Morgan fingerprint density at radius 3 is 2.06 bits per heavy atom. The predicted molar refractivity (Wildman–Crippen MR) is 130 cm³/mol. The van der Waals surface area contributed by atoms with Crippen LogP contribution in [0.25, 0.3) is 17.1 Å². The molecule has 0 unspecified atom stereocenters. The van der Waals surface area contributed by atoms with Crippen molar-refractivity contribution in [3.63, 3.8) is 0 Å². The van der Waals surface area contributed by atoms with Gasteiger partial charge in [-0.25, -0.2) is 9.67 Å². The van der Waals surface area contributed by atoms with Crippen molar-refractivity contribution in [3.05, 3.63) is 66.5 Å². The fourth-order valence-corrected chi connectivity index (χ4v) is 4.61. The van der Waals surface area contributed by atoms with Gasteiger partial charge in [0, 0.05) is 44.8 Å². The molecule has 3 heterocycles. The molecule has 176 valence electrons. The van der Waals surface area contributed by atoms with Gasteiger partial charge in [0.05, 0.1) is 12.2 Å². The number of carbonyl (C=O) groups excluding carboxylic acids is 2. The summed E-state index contributed by atoms with van der Waals surface area (Å²) < 4.78 is 1.73. The van der Waals surface area contributed by atoms with Gasteiger partial charge in [-0.05, 0) is 31.4 Å². The van der Waals surface area contributed by atoms with Crippen LogP contribution in [0.5, 0.6) is 0 Å². The number of aromatic nitrogens is 3. The third-order valence-corrected chi connectivity index (χ3v) is 6.56. The Balaban J connectivity index is 1.28. The van der Waals surface area contributed by atoms with Crippen LogP contribution in [0.1, 0.15) is 29.9 Å². The highest BCUT2D eigenvalue weighted by atomic mass is 16.2. The second-order valence-corrected chi connectivity index (χ2v) is 8.88. The summed E-state index contributed by atoms with van der Waals surface area (Å²) in [4.78, 5) is 36.5. The molecule has 5 rings (SSSR count). The Morgan fingerprint density at radius 1 is 0.735 bits per heavy atom. The summed E-state index contributed by atoms with van der Waals surface area (Å²) in [6.45, 7) is 4.65. The number of amides is 2. The average Bonchev–Trinajstić information content (AvgIpc) is 3.36. The van der Waals surface area contributed by atoms with Crippen LogP contribution >= 0.6 is 0 Å². The molecule has 8 heteroatoms. The minimum atomic E-state index is -0.172. The first-order chi connectivity index (χ1) is 16.7. The Hall–Kier alpha value is -3.52. The molecule has 34 heavy (non-hydrogen) atoms. The van der Waals surface area contributed by atoms with E-state index in [-0.39, 0.29) is 17.6 Å². The highest BCUT2D eigenvalue weighted by molar-refractivity contribution is 5.91. The predicted octanol–water partition coefficient (Wildman–Crippen LogP) is 2.70. The summed E-state index contributed by atoms with van der Waals surface area (Å²) in [5.74, 6) is 0.866. The summed E-state index contributed by atoms with van der Waals surface area (Å²) in [5.41, 5.74) is 1.76. The smallest absolute Gasteiger partial charge is 0.293 e. The van der Waals surface area contributed by atoms with Crippen molar-refractivity contribution < 1.29 is 9.59 Å². The van der Waals surface area contributed by atoms with E-state index in [1.807, 2.05) is 65.6 Å². The van der Waals surface area contributed by atoms with Crippen LogP contribution in [-0.4, -0.2) is 87.1 Å². The first-order valence-electron chi connectivity index (χ1n) is 12.1. The molecular weight excluding hydrogens is 428 g/mol. The van der Waals surface area contributed by atoms with Crippen LogP contribution in [-0.2, 0) is 4.79 Å². The number of hydrogen-bond acceptors (Lipinski definition) is 5. The van der Waals surface area contributed by atoms with Crippen molar-refractivity contribution in [2.24, 2.45) is 0 Å². The zero-order chi connectivity index (χ0) is 23.3. The Morgan fingerprint density at radius 2 is 1.38 bits per heavy atom. The minimum absolute atomic E-state index is 0.172. The molecule has 2 aliphatic heterocycles. The van der Waals surface area contributed by atoms with Crippen molar-refractivity contribution in [3.8, 4) is 17.1 Å². The lowest BCUT2D eigenvalue weighted by Gasteiger charge is -2.35. The van der Waals surface area contributed by atoms with Crippen molar-refractivity contribution >= 4 is 11.8 Å². The molecule has 2 amide bonds. The summed E-state index contributed by atoms with van der Waals surface area (Å²) in [7, 11) is 0. The van der Waals surface area contributed by atoms with Gasteiger partial charge in [0.25, 0.3) is 5.91 Å². The van der Waals surface area contributed by atoms with E-state index < -0.39 is 0 Å². The molecule has 0 radical (unpaired) electrons.